The SMILES string of the molecule is FC(F)(F)c1cccc(C(NCc2ccc3cn[nH]c3c2)C2CCOCC2)c1. The molecule has 0 spiro atoms. The molecule has 3 aromatic rings. The maximum Gasteiger partial charge on any atom is 0.416 e. The Balaban J connectivity index is 1.58. The third-order valence-corrected chi connectivity index (χ3v) is 5.34. The highest BCUT2D eigenvalue weighted by molar-refractivity contribution is 5.78. The van der Waals surface area contributed by atoms with Crippen molar-refractivity contribution in [3.05, 3.63) is 65.4 Å². The topological polar surface area (TPSA) is 49.9 Å². The summed E-state index contributed by atoms with van der Waals surface area (Å²) < 4.78 is 45.0. The van der Waals surface area contributed by atoms with Crippen molar-refractivity contribution in [3.8, 4) is 0 Å². The van der Waals surface area contributed by atoms with E-state index in [1.165, 1.54) is 12.1 Å². The van der Waals surface area contributed by atoms with E-state index in [0.717, 1.165) is 35.4 Å². The van der Waals surface area contributed by atoms with Gasteiger partial charge in [-0.1, -0.05) is 24.3 Å². The normalized spacial score (nSPS) is 17.1. The van der Waals surface area contributed by atoms with E-state index in [1.54, 1.807) is 12.3 Å². The second-order valence-corrected chi connectivity index (χ2v) is 7.22. The van der Waals surface area contributed by atoms with Crippen molar-refractivity contribution < 1.29 is 17.9 Å². The van der Waals surface area contributed by atoms with Gasteiger partial charge in [-0.15, -0.1) is 0 Å². The molecule has 2 aromatic carbocycles. The molecule has 4 nitrogen and oxygen atoms in total. The first-order valence-electron chi connectivity index (χ1n) is 9.41. The van der Waals surface area contributed by atoms with Crippen LogP contribution in [0.3, 0.4) is 0 Å². The zero-order valence-electron chi connectivity index (χ0n) is 15.3. The van der Waals surface area contributed by atoms with Gasteiger partial charge in [0.05, 0.1) is 17.3 Å². The highest BCUT2D eigenvalue weighted by Gasteiger charge is 2.32. The van der Waals surface area contributed by atoms with E-state index in [0.29, 0.717) is 25.3 Å². The van der Waals surface area contributed by atoms with Crippen LogP contribution in [-0.2, 0) is 17.5 Å². The summed E-state index contributed by atoms with van der Waals surface area (Å²) in [5, 5.41) is 11.5. The number of fused-ring (bicyclic) bond motifs is 1. The molecular weight excluding hydrogens is 367 g/mol. The van der Waals surface area contributed by atoms with Gasteiger partial charge < -0.3 is 10.1 Å². The van der Waals surface area contributed by atoms with Crippen molar-refractivity contribution in [2.45, 2.75) is 31.6 Å². The van der Waals surface area contributed by atoms with Crippen LogP contribution in [0.1, 0.15) is 35.6 Å². The molecule has 4 rings (SSSR count). The summed E-state index contributed by atoms with van der Waals surface area (Å²) in [7, 11) is 0. The fourth-order valence-corrected chi connectivity index (χ4v) is 3.84. The summed E-state index contributed by atoms with van der Waals surface area (Å²) in [6.45, 7) is 1.84. The fourth-order valence-electron chi connectivity index (χ4n) is 3.84. The van der Waals surface area contributed by atoms with Gasteiger partial charge in [0.25, 0.3) is 0 Å². The van der Waals surface area contributed by atoms with Crippen molar-refractivity contribution in [3.63, 3.8) is 0 Å². The Morgan fingerprint density at radius 2 is 1.96 bits per heavy atom. The van der Waals surface area contributed by atoms with Gasteiger partial charge >= 0.3 is 6.18 Å². The minimum Gasteiger partial charge on any atom is -0.381 e. The molecule has 1 saturated heterocycles. The number of hydrogen-bond donors (Lipinski definition) is 2. The van der Waals surface area contributed by atoms with E-state index < -0.39 is 11.7 Å². The smallest absolute Gasteiger partial charge is 0.381 e. The molecule has 0 radical (unpaired) electrons. The molecule has 1 fully saturated rings. The van der Waals surface area contributed by atoms with Gasteiger partial charge in [0, 0.05) is 31.2 Å². The predicted octanol–water partition coefficient (Wildman–Crippen LogP) is 4.84. The molecule has 1 aliphatic rings. The lowest BCUT2D eigenvalue weighted by molar-refractivity contribution is -0.137. The van der Waals surface area contributed by atoms with E-state index in [4.69, 9.17) is 4.74 Å². The molecule has 148 valence electrons. The van der Waals surface area contributed by atoms with Crippen LogP contribution in [0.15, 0.2) is 48.7 Å². The standard InChI is InChI=1S/C21H22F3N3O/c22-21(23,24)18-3-1-2-16(11-18)20(15-6-8-28-9-7-15)25-12-14-4-5-17-13-26-27-19(17)10-14/h1-5,10-11,13,15,20,25H,6-9,12H2,(H,26,27). The molecule has 0 amide bonds. The molecule has 28 heavy (non-hydrogen) atoms. The van der Waals surface area contributed by atoms with Gasteiger partial charge in [-0.3, -0.25) is 5.10 Å². The summed E-state index contributed by atoms with van der Waals surface area (Å²) in [5.41, 5.74) is 2.06. The predicted molar refractivity (Wildman–Crippen MR) is 101 cm³/mol. The number of alkyl halides is 3. The third kappa shape index (κ3) is 4.20. The molecule has 0 aliphatic carbocycles. The Hall–Kier alpha value is -2.38. The maximum absolute atomic E-state index is 13.2. The number of rotatable bonds is 5. The Morgan fingerprint density at radius 1 is 1.14 bits per heavy atom. The highest BCUT2D eigenvalue weighted by atomic mass is 19.4. The highest BCUT2D eigenvalue weighted by Crippen LogP contribution is 2.35. The monoisotopic (exact) mass is 389 g/mol. The number of nitrogens with zero attached hydrogens (tertiary/aromatic N) is 1. The van der Waals surface area contributed by atoms with Gasteiger partial charge in [-0.05, 0) is 48.1 Å². The molecule has 1 atom stereocenters. The number of nitrogens with one attached hydrogen (secondary N) is 2. The summed E-state index contributed by atoms with van der Waals surface area (Å²) in [6.07, 6.45) is -0.928. The van der Waals surface area contributed by atoms with E-state index >= 15 is 0 Å². The zero-order valence-corrected chi connectivity index (χ0v) is 15.3. The minimum absolute atomic E-state index is 0.163. The molecule has 0 bridgehead atoms. The van der Waals surface area contributed by atoms with Crippen molar-refractivity contribution >= 4 is 10.9 Å². The number of aromatic nitrogens is 2. The number of aromatic amines is 1. The average Bonchev–Trinajstić information content (AvgIpc) is 3.16. The Morgan fingerprint density at radius 3 is 2.75 bits per heavy atom. The molecule has 7 heteroatoms. The second kappa shape index (κ2) is 7.93. The van der Waals surface area contributed by atoms with Gasteiger partial charge in [0.2, 0.25) is 0 Å². The molecule has 1 aromatic heterocycles. The van der Waals surface area contributed by atoms with E-state index in [2.05, 4.69) is 15.5 Å². The number of ether oxygens (including phenoxy) is 1. The molecular formula is C21H22F3N3O. The van der Waals surface area contributed by atoms with Crippen molar-refractivity contribution in [2.24, 2.45) is 5.92 Å². The Labute approximate surface area is 161 Å². The average molecular weight is 389 g/mol. The Kier molecular flexibility index (Phi) is 5.37. The van der Waals surface area contributed by atoms with Crippen LogP contribution in [-0.4, -0.2) is 23.4 Å². The van der Waals surface area contributed by atoms with Gasteiger partial charge in [0.15, 0.2) is 0 Å². The van der Waals surface area contributed by atoms with Crippen LogP contribution < -0.4 is 5.32 Å². The number of hydrogen-bond acceptors (Lipinski definition) is 3. The zero-order chi connectivity index (χ0) is 19.6. The largest absolute Gasteiger partial charge is 0.416 e. The van der Waals surface area contributed by atoms with Crippen molar-refractivity contribution in [1.29, 1.82) is 0 Å². The lowest BCUT2D eigenvalue weighted by Gasteiger charge is -2.32. The molecule has 1 aliphatic heterocycles. The van der Waals surface area contributed by atoms with Gasteiger partial charge in [0.1, 0.15) is 0 Å². The quantitative estimate of drug-likeness (QED) is 0.657. The number of H-pyrrole nitrogens is 1. The molecule has 1 unspecified atom stereocenters. The summed E-state index contributed by atoms with van der Waals surface area (Å²) in [4.78, 5) is 0. The lowest BCUT2D eigenvalue weighted by Crippen LogP contribution is -2.32. The van der Waals surface area contributed by atoms with Gasteiger partial charge in [-0.25, -0.2) is 0 Å². The fraction of sp³-hybridized carbons (Fsp3) is 0.381. The van der Waals surface area contributed by atoms with Gasteiger partial charge in [-0.2, -0.15) is 18.3 Å². The van der Waals surface area contributed by atoms with Crippen LogP contribution in [0.2, 0.25) is 0 Å². The maximum atomic E-state index is 13.2. The van der Waals surface area contributed by atoms with E-state index in [-0.39, 0.29) is 12.0 Å². The van der Waals surface area contributed by atoms with Crippen LogP contribution in [0.25, 0.3) is 10.9 Å². The summed E-state index contributed by atoms with van der Waals surface area (Å²) in [5.74, 6) is 0.230. The minimum atomic E-state index is -4.35. The molecule has 2 N–H and O–H groups in total. The second-order valence-electron chi connectivity index (χ2n) is 7.22. The van der Waals surface area contributed by atoms with Crippen molar-refractivity contribution in [2.75, 3.05) is 13.2 Å². The van der Waals surface area contributed by atoms with Crippen LogP contribution in [0, 0.1) is 5.92 Å². The molecule has 2 heterocycles. The summed E-state index contributed by atoms with van der Waals surface area (Å²) in [6, 6.07) is 11.5. The summed E-state index contributed by atoms with van der Waals surface area (Å²) >= 11 is 0. The first-order chi connectivity index (χ1) is 13.5. The number of benzene rings is 2. The lowest BCUT2D eigenvalue weighted by atomic mass is 9.86. The Bertz CT molecular complexity index is 932. The van der Waals surface area contributed by atoms with Crippen molar-refractivity contribution in [1.82, 2.24) is 15.5 Å². The first kappa shape index (κ1) is 19.0. The third-order valence-electron chi connectivity index (χ3n) is 5.34. The van der Waals surface area contributed by atoms with E-state index in [1.807, 2.05) is 18.2 Å². The van der Waals surface area contributed by atoms with Crippen LogP contribution in [0.5, 0.6) is 0 Å². The van der Waals surface area contributed by atoms with E-state index in [9.17, 15) is 13.2 Å². The molecule has 0 saturated carbocycles. The first-order valence-corrected chi connectivity index (χ1v) is 9.41. The van der Waals surface area contributed by atoms with Crippen LogP contribution >= 0.6 is 0 Å². The number of halogens is 3. The van der Waals surface area contributed by atoms with Crippen LogP contribution in [0.4, 0.5) is 13.2 Å².